The minimum absolute atomic E-state index is 0.770. The zero-order valence-corrected chi connectivity index (χ0v) is 11.3. The Hall–Kier alpha value is -1.44. The van der Waals surface area contributed by atoms with Crippen molar-refractivity contribution in [2.45, 2.75) is 15.9 Å². The number of imidazole rings is 1. The van der Waals surface area contributed by atoms with Crippen molar-refractivity contribution in [3.05, 3.63) is 35.6 Å². The first kappa shape index (κ1) is 11.6. The molecule has 3 rings (SSSR count). The monoisotopic (exact) mass is 277 g/mol. The van der Waals surface area contributed by atoms with Crippen molar-refractivity contribution >= 4 is 28.7 Å². The van der Waals surface area contributed by atoms with Gasteiger partial charge in [0.2, 0.25) is 0 Å². The normalized spacial score (nSPS) is 11.2. The third-order valence-corrected chi connectivity index (χ3v) is 4.26. The van der Waals surface area contributed by atoms with Crippen LogP contribution >= 0.6 is 23.1 Å². The molecule has 0 saturated heterocycles. The number of fused-ring (bicyclic) bond motifs is 1. The van der Waals surface area contributed by atoms with Gasteiger partial charge in [-0.2, -0.15) is 0 Å². The zero-order chi connectivity index (χ0) is 12.4. The summed E-state index contributed by atoms with van der Waals surface area (Å²) >= 11 is 3.09. The topological polar surface area (TPSA) is 55.1 Å². The average molecular weight is 277 g/mol. The largest absolute Gasteiger partial charge is 0.314 e. The Morgan fingerprint density at radius 1 is 1.44 bits per heavy atom. The van der Waals surface area contributed by atoms with Gasteiger partial charge >= 0.3 is 0 Å². The molecule has 0 aromatic carbocycles. The van der Waals surface area contributed by atoms with E-state index in [4.69, 9.17) is 0 Å². The fourth-order valence-electron chi connectivity index (χ4n) is 1.73. The Morgan fingerprint density at radius 2 is 2.39 bits per heavy atom. The first-order valence-corrected chi connectivity index (χ1v) is 7.12. The van der Waals surface area contributed by atoms with Crippen molar-refractivity contribution in [1.29, 1.82) is 0 Å². The summed E-state index contributed by atoms with van der Waals surface area (Å²) in [5.41, 5.74) is 3.83. The van der Waals surface area contributed by atoms with Crippen molar-refractivity contribution in [2.75, 3.05) is 7.05 Å². The van der Waals surface area contributed by atoms with Crippen molar-refractivity contribution in [2.24, 2.45) is 0 Å². The van der Waals surface area contributed by atoms with Crippen LogP contribution < -0.4 is 5.32 Å². The van der Waals surface area contributed by atoms with Gasteiger partial charge in [-0.1, -0.05) is 17.4 Å². The molecule has 1 N–H and O–H groups in total. The molecular weight excluding hydrogens is 266 g/mol. The zero-order valence-electron chi connectivity index (χ0n) is 9.70. The SMILES string of the molecule is CNCc1c(Sc2nncs2)nc2ccccn12. The van der Waals surface area contributed by atoms with Crippen LogP contribution in [0.25, 0.3) is 5.65 Å². The van der Waals surface area contributed by atoms with Crippen LogP contribution in [0.2, 0.25) is 0 Å². The molecule has 3 aromatic rings. The van der Waals surface area contributed by atoms with Gasteiger partial charge in [-0.25, -0.2) is 4.98 Å². The van der Waals surface area contributed by atoms with Crippen molar-refractivity contribution in [3.8, 4) is 0 Å². The maximum atomic E-state index is 4.63. The molecule has 92 valence electrons. The molecule has 5 nitrogen and oxygen atoms in total. The summed E-state index contributed by atoms with van der Waals surface area (Å²) in [6.07, 6.45) is 2.03. The summed E-state index contributed by atoms with van der Waals surface area (Å²) < 4.78 is 3.01. The van der Waals surface area contributed by atoms with Gasteiger partial charge in [0.25, 0.3) is 0 Å². The lowest BCUT2D eigenvalue weighted by Crippen LogP contribution is -2.08. The van der Waals surface area contributed by atoms with E-state index in [1.165, 1.54) is 11.3 Å². The van der Waals surface area contributed by atoms with Crippen LogP contribution in [0.15, 0.2) is 39.3 Å². The highest BCUT2D eigenvalue weighted by atomic mass is 32.2. The number of nitrogens with one attached hydrogen (secondary N) is 1. The van der Waals surface area contributed by atoms with E-state index in [0.717, 1.165) is 27.3 Å². The molecule has 0 fully saturated rings. The maximum absolute atomic E-state index is 4.63. The van der Waals surface area contributed by atoms with Crippen LogP contribution in [-0.2, 0) is 6.54 Å². The lowest BCUT2D eigenvalue weighted by atomic mass is 10.4. The first-order valence-electron chi connectivity index (χ1n) is 5.43. The number of hydrogen-bond acceptors (Lipinski definition) is 6. The Balaban J connectivity index is 2.06. The van der Waals surface area contributed by atoms with Crippen molar-refractivity contribution in [1.82, 2.24) is 24.9 Å². The first-order chi connectivity index (χ1) is 8.88. The molecule has 0 atom stereocenters. The molecule has 3 heterocycles. The number of rotatable bonds is 4. The number of hydrogen-bond donors (Lipinski definition) is 1. The standard InChI is InChI=1S/C11H11N5S2/c1-12-6-8-10(18-11-15-13-7-17-11)14-9-4-2-3-5-16(8)9/h2-5,7,12H,6H2,1H3. The molecule has 7 heteroatoms. The summed E-state index contributed by atoms with van der Waals surface area (Å²) in [5.74, 6) is 0. The quantitative estimate of drug-likeness (QED) is 0.791. The number of nitrogens with zero attached hydrogens (tertiary/aromatic N) is 4. The van der Waals surface area contributed by atoms with Crippen LogP contribution in [0.4, 0.5) is 0 Å². The van der Waals surface area contributed by atoms with Gasteiger partial charge in [-0.3, -0.25) is 0 Å². The second-order valence-corrected chi connectivity index (χ2v) is 5.70. The Kier molecular flexibility index (Phi) is 3.26. The van der Waals surface area contributed by atoms with Gasteiger partial charge in [0.15, 0.2) is 4.34 Å². The molecular formula is C11H11N5S2. The molecule has 0 amide bonds. The van der Waals surface area contributed by atoms with E-state index in [9.17, 15) is 0 Å². The molecule has 0 aliphatic rings. The predicted octanol–water partition coefficient (Wildman–Crippen LogP) is 2.06. The fourth-order valence-corrected chi connectivity index (χ4v) is 3.24. The smallest absolute Gasteiger partial charge is 0.180 e. The van der Waals surface area contributed by atoms with Crippen LogP contribution in [0.5, 0.6) is 0 Å². The highest BCUT2D eigenvalue weighted by Gasteiger charge is 2.13. The summed E-state index contributed by atoms with van der Waals surface area (Å²) in [5, 5.41) is 12.0. The second kappa shape index (κ2) is 5.05. The highest BCUT2D eigenvalue weighted by Crippen LogP contribution is 2.31. The highest BCUT2D eigenvalue weighted by molar-refractivity contribution is 8.01. The van der Waals surface area contributed by atoms with Crippen LogP contribution in [-0.4, -0.2) is 26.6 Å². The lowest BCUT2D eigenvalue weighted by Gasteiger charge is -2.02. The van der Waals surface area contributed by atoms with Gasteiger partial charge in [-0.15, -0.1) is 10.2 Å². The number of pyridine rings is 1. The summed E-state index contributed by atoms with van der Waals surface area (Å²) in [4.78, 5) is 4.63. The summed E-state index contributed by atoms with van der Waals surface area (Å²) in [6, 6.07) is 6.00. The van der Waals surface area contributed by atoms with E-state index in [1.807, 2.05) is 31.4 Å². The van der Waals surface area contributed by atoms with E-state index in [2.05, 4.69) is 24.9 Å². The van der Waals surface area contributed by atoms with Gasteiger partial charge < -0.3 is 9.72 Å². The average Bonchev–Trinajstić information content (AvgIpc) is 3.00. The third kappa shape index (κ3) is 2.12. The van der Waals surface area contributed by atoms with Gasteiger partial charge in [-0.05, 0) is 30.9 Å². The third-order valence-electron chi connectivity index (χ3n) is 2.46. The van der Waals surface area contributed by atoms with Crippen molar-refractivity contribution in [3.63, 3.8) is 0 Å². The predicted molar refractivity (Wildman–Crippen MR) is 72.0 cm³/mol. The molecule has 0 unspecified atom stereocenters. The van der Waals surface area contributed by atoms with Crippen LogP contribution in [0, 0.1) is 0 Å². The Labute approximate surface area is 112 Å². The Morgan fingerprint density at radius 3 is 3.17 bits per heavy atom. The molecule has 0 spiro atoms. The van der Waals surface area contributed by atoms with Crippen molar-refractivity contribution < 1.29 is 0 Å². The fraction of sp³-hybridized carbons (Fsp3) is 0.182. The molecule has 0 saturated carbocycles. The van der Waals surface area contributed by atoms with E-state index < -0.39 is 0 Å². The van der Waals surface area contributed by atoms with Crippen LogP contribution in [0.1, 0.15) is 5.69 Å². The maximum Gasteiger partial charge on any atom is 0.180 e. The number of aromatic nitrogens is 4. The molecule has 3 aromatic heterocycles. The molecule has 18 heavy (non-hydrogen) atoms. The van der Waals surface area contributed by atoms with Gasteiger partial charge in [0, 0.05) is 12.7 Å². The molecule has 0 aliphatic carbocycles. The van der Waals surface area contributed by atoms with Gasteiger partial charge in [0.1, 0.15) is 16.2 Å². The van der Waals surface area contributed by atoms with Crippen LogP contribution in [0.3, 0.4) is 0 Å². The van der Waals surface area contributed by atoms with Gasteiger partial charge in [0.05, 0.1) is 5.69 Å². The molecule has 0 aliphatic heterocycles. The molecule has 0 bridgehead atoms. The molecule has 0 radical (unpaired) electrons. The summed E-state index contributed by atoms with van der Waals surface area (Å²) in [7, 11) is 1.93. The van der Waals surface area contributed by atoms with E-state index in [1.54, 1.807) is 17.3 Å². The van der Waals surface area contributed by atoms with E-state index in [0.29, 0.717) is 0 Å². The second-order valence-electron chi connectivity index (χ2n) is 3.63. The summed E-state index contributed by atoms with van der Waals surface area (Å²) in [6.45, 7) is 0.770. The lowest BCUT2D eigenvalue weighted by molar-refractivity contribution is 0.764. The minimum atomic E-state index is 0.770. The minimum Gasteiger partial charge on any atom is -0.314 e. The van der Waals surface area contributed by atoms with E-state index in [-0.39, 0.29) is 0 Å². The van der Waals surface area contributed by atoms with E-state index >= 15 is 0 Å². The Bertz CT molecular complexity index is 647.